The van der Waals surface area contributed by atoms with Crippen LogP contribution in [0.5, 0.6) is 0 Å². The Bertz CT molecular complexity index is 1160. The lowest BCUT2D eigenvalue weighted by Crippen LogP contribution is -1.86. The molecule has 0 aliphatic rings. The van der Waals surface area contributed by atoms with Crippen LogP contribution in [0, 0.1) is 0 Å². The van der Waals surface area contributed by atoms with Crippen LogP contribution in [-0.4, -0.2) is 15.1 Å². The zero-order valence-corrected chi connectivity index (χ0v) is 14.5. The first-order valence-electron chi connectivity index (χ1n) is 7.63. The largest absolute Gasteiger partial charge is 0.451 e. The molecule has 25 heavy (non-hydrogen) atoms. The molecule has 0 unspecified atom stereocenters. The van der Waals surface area contributed by atoms with Crippen LogP contribution in [0.25, 0.3) is 32.7 Å². The van der Waals surface area contributed by atoms with Gasteiger partial charge in [-0.15, -0.1) is 11.3 Å². The molecular weight excluding hydrogens is 354 g/mol. The van der Waals surface area contributed by atoms with Gasteiger partial charge in [-0.2, -0.15) is 0 Å². The van der Waals surface area contributed by atoms with Gasteiger partial charge in [0, 0.05) is 17.2 Å². The molecule has 4 aromatic heterocycles. The molecule has 0 spiro atoms. The van der Waals surface area contributed by atoms with Gasteiger partial charge >= 0.3 is 0 Å². The van der Waals surface area contributed by atoms with Crippen molar-refractivity contribution < 1.29 is 8.94 Å². The smallest absolute Gasteiger partial charge is 0.186 e. The summed E-state index contributed by atoms with van der Waals surface area (Å²) in [6, 6.07) is 13.9. The number of hydrogen-bond acceptors (Lipinski definition) is 7. The van der Waals surface area contributed by atoms with Crippen molar-refractivity contribution in [1.29, 1.82) is 0 Å². The Morgan fingerprint density at radius 3 is 2.96 bits per heavy atom. The second kappa shape index (κ2) is 6.02. The molecular formula is C18H11N3O2S2. The topological polar surface area (TPSA) is 65.0 Å². The molecule has 5 nitrogen and oxygen atoms in total. The van der Waals surface area contributed by atoms with Gasteiger partial charge in [-0.3, -0.25) is 0 Å². The van der Waals surface area contributed by atoms with Gasteiger partial charge in [0.1, 0.15) is 22.5 Å². The van der Waals surface area contributed by atoms with Crippen molar-refractivity contribution in [2.45, 2.75) is 10.8 Å². The zero-order valence-electron chi connectivity index (χ0n) is 12.9. The van der Waals surface area contributed by atoms with Crippen LogP contribution < -0.4 is 0 Å². The van der Waals surface area contributed by atoms with Crippen molar-refractivity contribution >= 4 is 45.2 Å². The Morgan fingerprint density at radius 1 is 1.08 bits per heavy atom. The molecule has 0 radical (unpaired) electrons. The number of nitrogens with zero attached hydrogens (tertiary/aromatic N) is 3. The van der Waals surface area contributed by atoms with Gasteiger partial charge in [0.05, 0.1) is 10.6 Å². The molecule has 0 N–H and O–H groups in total. The molecule has 0 aliphatic carbocycles. The summed E-state index contributed by atoms with van der Waals surface area (Å²) in [6.45, 7) is 0. The van der Waals surface area contributed by atoms with E-state index in [0.717, 1.165) is 43.4 Å². The van der Waals surface area contributed by atoms with Crippen LogP contribution in [0.15, 0.2) is 68.1 Å². The molecule has 122 valence electrons. The number of aromatic nitrogens is 3. The standard InChI is InChI=1S/C18H11N3O2S2/c1-2-5-13-12(4-1)16-17(22-13)18(20-10-19-16)25-9-11-8-14(23-21-11)15-6-3-7-24-15/h1-8,10H,9H2. The van der Waals surface area contributed by atoms with Crippen LogP contribution in [-0.2, 0) is 5.75 Å². The van der Waals surface area contributed by atoms with Gasteiger partial charge in [0.2, 0.25) is 0 Å². The van der Waals surface area contributed by atoms with E-state index < -0.39 is 0 Å². The van der Waals surface area contributed by atoms with Crippen molar-refractivity contribution in [3.63, 3.8) is 0 Å². The first-order valence-corrected chi connectivity index (χ1v) is 9.49. The fourth-order valence-corrected chi connectivity index (χ4v) is 4.15. The highest BCUT2D eigenvalue weighted by Crippen LogP contribution is 2.34. The second-order valence-electron chi connectivity index (χ2n) is 5.40. The van der Waals surface area contributed by atoms with Gasteiger partial charge in [-0.25, -0.2) is 9.97 Å². The molecule has 5 rings (SSSR count). The Morgan fingerprint density at radius 2 is 2.04 bits per heavy atom. The summed E-state index contributed by atoms with van der Waals surface area (Å²) in [6.07, 6.45) is 1.58. The van der Waals surface area contributed by atoms with E-state index in [1.807, 2.05) is 47.8 Å². The lowest BCUT2D eigenvalue weighted by atomic mass is 10.2. The molecule has 0 amide bonds. The zero-order chi connectivity index (χ0) is 16.6. The molecule has 0 aliphatic heterocycles. The maximum Gasteiger partial charge on any atom is 0.186 e. The summed E-state index contributed by atoms with van der Waals surface area (Å²) < 4.78 is 11.4. The number of thiophene rings is 1. The van der Waals surface area contributed by atoms with Gasteiger partial charge in [-0.1, -0.05) is 35.1 Å². The van der Waals surface area contributed by atoms with Crippen LogP contribution in [0.2, 0.25) is 0 Å². The Balaban J connectivity index is 1.44. The average molecular weight is 365 g/mol. The van der Waals surface area contributed by atoms with E-state index in [0.29, 0.717) is 5.75 Å². The normalized spacial score (nSPS) is 11.5. The number of thioether (sulfide) groups is 1. The van der Waals surface area contributed by atoms with E-state index >= 15 is 0 Å². The third-order valence-corrected chi connectivity index (χ3v) is 5.69. The molecule has 0 atom stereocenters. The fraction of sp³-hybridized carbons (Fsp3) is 0.0556. The molecule has 0 bridgehead atoms. The number of para-hydroxylation sites is 1. The number of fused-ring (bicyclic) bond motifs is 3. The van der Waals surface area contributed by atoms with E-state index in [1.54, 1.807) is 29.4 Å². The lowest BCUT2D eigenvalue weighted by Gasteiger charge is -1.98. The Labute approximate surface area is 150 Å². The van der Waals surface area contributed by atoms with Crippen molar-refractivity contribution in [2.24, 2.45) is 0 Å². The molecule has 0 saturated carbocycles. The third-order valence-electron chi connectivity index (χ3n) is 3.81. The number of hydrogen-bond donors (Lipinski definition) is 0. The van der Waals surface area contributed by atoms with Crippen LogP contribution >= 0.6 is 23.1 Å². The highest BCUT2D eigenvalue weighted by Gasteiger charge is 2.14. The van der Waals surface area contributed by atoms with Crippen molar-refractivity contribution in [3.8, 4) is 10.6 Å². The van der Waals surface area contributed by atoms with Gasteiger partial charge in [-0.05, 0) is 23.6 Å². The molecule has 4 heterocycles. The minimum absolute atomic E-state index is 0.651. The maximum absolute atomic E-state index is 5.95. The second-order valence-corrected chi connectivity index (χ2v) is 7.31. The quantitative estimate of drug-likeness (QED) is 0.314. The van der Waals surface area contributed by atoms with Crippen LogP contribution in [0.1, 0.15) is 5.69 Å². The maximum atomic E-state index is 5.95. The van der Waals surface area contributed by atoms with Crippen molar-refractivity contribution in [2.75, 3.05) is 0 Å². The van der Waals surface area contributed by atoms with E-state index in [2.05, 4.69) is 15.1 Å². The van der Waals surface area contributed by atoms with Crippen LogP contribution in [0.3, 0.4) is 0 Å². The summed E-state index contributed by atoms with van der Waals surface area (Å²) in [5, 5.41) is 7.98. The monoisotopic (exact) mass is 365 g/mol. The highest BCUT2D eigenvalue weighted by atomic mass is 32.2. The number of rotatable bonds is 4. The van der Waals surface area contributed by atoms with E-state index in [9.17, 15) is 0 Å². The van der Waals surface area contributed by atoms with Gasteiger partial charge in [0.25, 0.3) is 0 Å². The summed E-state index contributed by atoms with van der Waals surface area (Å²) in [7, 11) is 0. The highest BCUT2D eigenvalue weighted by molar-refractivity contribution is 7.98. The molecule has 0 saturated heterocycles. The number of benzene rings is 1. The van der Waals surface area contributed by atoms with Crippen molar-refractivity contribution in [3.05, 3.63) is 59.9 Å². The van der Waals surface area contributed by atoms with E-state index in [4.69, 9.17) is 8.94 Å². The first-order chi connectivity index (χ1) is 12.4. The first kappa shape index (κ1) is 14.7. The van der Waals surface area contributed by atoms with E-state index in [1.165, 1.54) is 0 Å². The Hall–Kier alpha value is -2.64. The van der Waals surface area contributed by atoms with Gasteiger partial charge in [0.15, 0.2) is 11.3 Å². The average Bonchev–Trinajstić information content (AvgIpc) is 3.38. The lowest BCUT2D eigenvalue weighted by molar-refractivity contribution is 0.427. The molecule has 1 aromatic carbocycles. The fourth-order valence-electron chi connectivity index (χ4n) is 2.66. The SMILES string of the molecule is c1csc(-c2cc(CSc3ncnc4c3oc3ccccc34)no2)c1. The number of furan rings is 1. The molecule has 7 heteroatoms. The predicted octanol–water partition coefficient (Wildman–Crippen LogP) is 5.38. The summed E-state index contributed by atoms with van der Waals surface area (Å²) in [5.41, 5.74) is 3.25. The van der Waals surface area contributed by atoms with E-state index in [-0.39, 0.29) is 0 Å². The minimum atomic E-state index is 0.651. The molecule has 5 aromatic rings. The summed E-state index contributed by atoms with van der Waals surface area (Å²) >= 11 is 3.20. The minimum Gasteiger partial charge on any atom is -0.451 e. The Kier molecular flexibility index (Phi) is 3.53. The molecule has 0 fully saturated rings. The van der Waals surface area contributed by atoms with Crippen LogP contribution in [0.4, 0.5) is 0 Å². The predicted molar refractivity (Wildman–Crippen MR) is 98.7 cm³/mol. The van der Waals surface area contributed by atoms with Gasteiger partial charge < -0.3 is 8.94 Å². The third kappa shape index (κ3) is 2.61. The summed E-state index contributed by atoms with van der Waals surface area (Å²) in [4.78, 5) is 9.82. The summed E-state index contributed by atoms with van der Waals surface area (Å²) in [5.74, 6) is 1.44. The van der Waals surface area contributed by atoms with Crippen molar-refractivity contribution in [1.82, 2.24) is 15.1 Å².